The minimum Gasteiger partial charge on any atom is -0.322 e. The number of carbonyl (C=O) groups is 1. The first-order chi connectivity index (χ1) is 13.1. The molecular formula is C20H19ClFN3OS. The van der Waals surface area contributed by atoms with Crippen molar-refractivity contribution in [2.75, 3.05) is 18.4 Å². The van der Waals surface area contributed by atoms with Gasteiger partial charge in [0.1, 0.15) is 10.8 Å². The molecule has 27 heavy (non-hydrogen) atoms. The molecule has 0 spiro atoms. The van der Waals surface area contributed by atoms with Gasteiger partial charge in [-0.15, -0.1) is 11.3 Å². The minimum absolute atomic E-state index is 0.112. The zero-order chi connectivity index (χ0) is 18.8. The van der Waals surface area contributed by atoms with Crippen molar-refractivity contribution < 1.29 is 9.18 Å². The average molecular weight is 404 g/mol. The van der Waals surface area contributed by atoms with Gasteiger partial charge in [0.25, 0.3) is 0 Å². The number of halogens is 2. The Kier molecular flexibility index (Phi) is 5.38. The third kappa shape index (κ3) is 4.13. The molecule has 2 aromatic carbocycles. The summed E-state index contributed by atoms with van der Waals surface area (Å²) >= 11 is 7.58. The van der Waals surface area contributed by atoms with E-state index in [-0.39, 0.29) is 24.2 Å². The van der Waals surface area contributed by atoms with E-state index >= 15 is 0 Å². The molecule has 4 rings (SSSR count). The number of benzene rings is 2. The molecule has 0 radical (unpaired) electrons. The van der Waals surface area contributed by atoms with E-state index in [2.05, 4.69) is 16.3 Å². The lowest BCUT2D eigenvalue weighted by molar-refractivity contribution is -0.118. The number of hydrogen-bond acceptors (Lipinski definition) is 4. The Labute approximate surface area is 166 Å². The molecule has 1 fully saturated rings. The van der Waals surface area contributed by atoms with Crippen LogP contribution in [0, 0.1) is 5.82 Å². The number of nitrogens with zero attached hydrogens (tertiary/aromatic N) is 2. The van der Waals surface area contributed by atoms with Crippen LogP contribution in [0.4, 0.5) is 10.1 Å². The fourth-order valence-corrected chi connectivity index (χ4v) is 4.77. The Morgan fingerprint density at radius 3 is 3.00 bits per heavy atom. The summed E-state index contributed by atoms with van der Waals surface area (Å²) in [5, 5.41) is 4.07. The largest absolute Gasteiger partial charge is 0.322 e. The lowest BCUT2D eigenvalue weighted by Gasteiger charge is -2.33. The summed E-state index contributed by atoms with van der Waals surface area (Å²) in [7, 11) is 0. The van der Waals surface area contributed by atoms with Crippen molar-refractivity contribution in [2.24, 2.45) is 0 Å². The number of amides is 1. The molecule has 1 atom stereocenters. The van der Waals surface area contributed by atoms with Crippen molar-refractivity contribution in [1.82, 2.24) is 9.88 Å². The first-order valence-corrected chi connectivity index (χ1v) is 10.1. The van der Waals surface area contributed by atoms with Crippen LogP contribution in [0.15, 0.2) is 42.5 Å². The third-order valence-corrected chi connectivity index (χ3v) is 6.13. The second kappa shape index (κ2) is 7.92. The molecule has 7 heteroatoms. The highest BCUT2D eigenvalue weighted by Gasteiger charge is 2.28. The maximum Gasteiger partial charge on any atom is 0.238 e. The first kappa shape index (κ1) is 18.3. The van der Waals surface area contributed by atoms with E-state index in [1.54, 1.807) is 11.3 Å². The molecule has 0 aliphatic carbocycles. The summed E-state index contributed by atoms with van der Waals surface area (Å²) < 4.78 is 15.0. The van der Waals surface area contributed by atoms with Gasteiger partial charge in [-0.3, -0.25) is 9.69 Å². The quantitative estimate of drug-likeness (QED) is 0.646. The molecule has 0 saturated carbocycles. The number of thiazole rings is 1. The van der Waals surface area contributed by atoms with Crippen molar-refractivity contribution >= 4 is 44.7 Å². The molecule has 1 aromatic heterocycles. The van der Waals surface area contributed by atoms with Gasteiger partial charge in [-0.25, -0.2) is 9.37 Å². The lowest BCUT2D eigenvalue weighted by Crippen LogP contribution is -2.39. The normalized spacial score (nSPS) is 17.9. The number of likely N-dealkylation sites (tertiary alicyclic amines) is 1. The SMILES string of the molecule is O=C(CN1CCCC[C@H]1c1nc2ccccc2s1)Nc1cc(Cl)ccc1F. The maximum atomic E-state index is 13.9. The number of rotatable bonds is 4. The summed E-state index contributed by atoms with van der Waals surface area (Å²) in [4.78, 5) is 19.4. The molecule has 2 heterocycles. The van der Waals surface area contributed by atoms with E-state index < -0.39 is 5.82 Å². The van der Waals surface area contributed by atoms with Crippen LogP contribution in [0.25, 0.3) is 10.2 Å². The molecule has 1 amide bonds. The second-order valence-electron chi connectivity index (χ2n) is 6.67. The van der Waals surface area contributed by atoms with Crippen molar-refractivity contribution in [3.63, 3.8) is 0 Å². The smallest absolute Gasteiger partial charge is 0.238 e. The van der Waals surface area contributed by atoms with Crippen LogP contribution < -0.4 is 5.32 Å². The predicted molar refractivity (Wildman–Crippen MR) is 108 cm³/mol. The van der Waals surface area contributed by atoms with E-state index in [1.807, 2.05) is 18.2 Å². The van der Waals surface area contributed by atoms with Crippen LogP contribution in [0.2, 0.25) is 5.02 Å². The van der Waals surface area contributed by atoms with Crippen LogP contribution in [0.3, 0.4) is 0 Å². The summed E-state index contributed by atoms with van der Waals surface area (Å²) in [5.74, 6) is -0.738. The summed E-state index contributed by atoms with van der Waals surface area (Å²) in [6, 6.07) is 12.3. The zero-order valence-electron chi connectivity index (χ0n) is 14.6. The van der Waals surface area contributed by atoms with Crippen LogP contribution in [-0.4, -0.2) is 28.9 Å². The minimum atomic E-state index is -0.492. The molecule has 1 aliphatic rings. The highest BCUT2D eigenvalue weighted by Crippen LogP contribution is 2.35. The Morgan fingerprint density at radius 1 is 1.30 bits per heavy atom. The van der Waals surface area contributed by atoms with Crippen molar-refractivity contribution in [3.05, 3.63) is 58.3 Å². The molecule has 1 N–H and O–H groups in total. The highest BCUT2D eigenvalue weighted by molar-refractivity contribution is 7.18. The van der Waals surface area contributed by atoms with Crippen LogP contribution in [-0.2, 0) is 4.79 Å². The molecule has 0 bridgehead atoms. The number of piperidine rings is 1. The van der Waals surface area contributed by atoms with Gasteiger partial charge in [-0.1, -0.05) is 30.2 Å². The molecule has 0 unspecified atom stereocenters. The van der Waals surface area contributed by atoms with Crippen LogP contribution >= 0.6 is 22.9 Å². The van der Waals surface area contributed by atoms with Crippen LogP contribution in [0.5, 0.6) is 0 Å². The maximum absolute atomic E-state index is 13.9. The fraction of sp³-hybridized carbons (Fsp3) is 0.300. The first-order valence-electron chi connectivity index (χ1n) is 8.94. The van der Waals surface area contributed by atoms with Gasteiger partial charge >= 0.3 is 0 Å². The lowest BCUT2D eigenvalue weighted by atomic mass is 10.0. The number of para-hydroxylation sites is 1. The van der Waals surface area contributed by atoms with E-state index in [0.717, 1.165) is 41.0 Å². The van der Waals surface area contributed by atoms with Gasteiger partial charge in [0.05, 0.1) is 28.5 Å². The number of fused-ring (bicyclic) bond motifs is 1. The Bertz CT molecular complexity index is 944. The summed E-state index contributed by atoms with van der Waals surface area (Å²) in [5.41, 5.74) is 1.11. The average Bonchev–Trinajstić information content (AvgIpc) is 3.09. The van der Waals surface area contributed by atoms with E-state index in [0.29, 0.717) is 5.02 Å². The molecule has 140 valence electrons. The number of hydrogen-bond donors (Lipinski definition) is 1. The van der Waals surface area contributed by atoms with Crippen molar-refractivity contribution in [2.45, 2.75) is 25.3 Å². The zero-order valence-corrected chi connectivity index (χ0v) is 16.2. The van der Waals surface area contributed by atoms with Gasteiger partial charge in [-0.2, -0.15) is 0 Å². The number of anilines is 1. The van der Waals surface area contributed by atoms with Crippen molar-refractivity contribution in [1.29, 1.82) is 0 Å². The summed E-state index contributed by atoms with van der Waals surface area (Å²) in [6.07, 6.45) is 3.13. The Hall–Kier alpha value is -2.02. The number of aromatic nitrogens is 1. The van der Waals surface area contributed by atoms with Gasteiger partial charge < -0.3 is 5.32 Å². The topological polar surface area (TPSA) is 45.2 Å². The Balaban J connectivity index is 1.50. The monoisotopic (exact) mass is 403 g/mol. The summed E-state index contributed by atoms with van der Waals surface area (Å²) in [6.45, 7) is 1.03. The standard InChI is InChI=1S/C20H19ClFN3OS/c21-13-8-9-14(22)16(11-13)23-19(26)12-25-10-4-3-6-17(25)20-24-15-5-1-2-7-18(15)27-20/h1-2,5,7-9,11,17H,3-4,6,10,12H2,(H,23,26)/t17-/m0/s1. The third-order valence-electron chi connectivity index (χ3n) is 4.76. The van der Waals surface area contributed by atoms with Gasteiger partial charge in [0, 0.05) is 5.02 Å². The predicted octanol–water partition coefficient (Wildman–Crippen LogP) is 5.25. The fourth-order valence-electron chi connectivity index (χ4n) is 3.46. The number of nitrogens with one attached hydrogen (secondary N) is 1. The molecule has 1 aliphatic heterocycles. The van der Waals surface area contributed by atoms with Crippen LogP contribution in [0.1, 0.15) is 30.3 Å². The van der Waals surface area contributed by atoms with E-state index in [9.17, 15) is 9.18 Å². The number of carbonyl (C=O) groups excluding carboxylic acids is 1. The highest BCUT2D eigenvalue weighted by atomic mass is 35.5. The molecule has 4 nitrogen and oxygen atoms in total. The molecule has 3 aromatic rings. The van der Waals surface area contributed by atoms with Gasteiger partial charge in [0.2, 0.25) is 5.91 Å². The Morgan fingerprint density at radius 2 is 2.15 bits per heavy atom. The molecule has 1 saturated heterocycles. The van der Waals surface area contributed by atoms with Crippen molar-refractivity contribution in [3.8, 4) is 0 Å². The second-order valence-corrected chi connectivity index (χ2v) is 8.17. The van der Waals surface area contributed by atoms with E-state index in [4.69, 9.17) is 16.6 Å². The van der Waals surface area contributed by atoms with E-state index in [1.165, 1.54) is 18.2 Å². The van der Waals surface area contributed by atoms with Gasteiger partial charge in [0.15, 0.2) is 0 Å². The van der Waals surface area contributed by atoms with Gasteiger partial charge in [-0.05, 0) is 49.7 Å². The molecular weight excluding hydrogens is 385 g/mol.